The van der Waals surface area contributed by atoms with E-state index in [1.807, 2.05) is 11.3 Å². The normalized spacial score (nSPS) is 19.1. The van der Waals surface area contributed by atoms with E-state index in [1.165, 1.54) is 35.4 Å². The van der Waals surface area contributed by atoms with Gasteiger partial charge in [0, 0.05) is 34.8 Å². The number of aryl methyl sites for hydroxylation is 1. The van der Waals surface area contributed by atoms with Crippen LogP contribution in [0.2, 0.25) is 0 Å². The molecule has 1 aromatic heterocycles. The lowest BCUT2D eigenvalue weighted by atomic mass is 10.1. The van der Waals surface area contributed by atoms with Crippen LogP contribution < -0.4 is 11.1 Å². The van der Waals surface area contributed by atoms with E-state index in [0.717, 1.165) is 19.1 Å². The maximum Gasteiger partial charge on any atom is 0.0181 e. The minimum atomic E-state index is 0.499. The number of rotatable bonds is 5. The Bertz CT molecular complexity index is 315. The Hall–Kier alpha value is -0.380. The van der Waals surface area contributed by atoms with Crippen LogP contribution in [-0.4, -0.2) is 19.1 Å². The lowest BCUT2D eigenvalue weighted by molar-refractivity contribution is 0.492. The van der Waals surface area contributed by atoms with Crippen molar-refractivity contribution in [2.45, 2.75) is 44.6 Å². The van der Waals surface area contributed by atoms with E-state index in [1.54, 1.807) is 0 Å². The van der Waals surface area contributed by atoms with Crippen LogP contribution in [0.4, 0.5) is 0 Å². The maximum atomic E-state index is 5.87. The zero-order valence-corrected chi connectivity index (χ0v) is 10.9. The van der Waals surface area contributed by atoms with Gasteiger partial charge in [-0.05, 0) is 31.9 Å². The zero-order valence-electron chi connectivity index (χ0n) is 10.0. The van der Waals surface area contributed by atoms with Gasteiger partial charge in [0.15, 0.2) is 0 Å². The Balaban J connectivity index is 1.85. The molecule has 1 aliphatic rings. The van der Waals surface area contributed by atoms with Crippen molar-refractivity contribution in [2.24, 2.45) is 5.73 Å². The zero-order chi connectivity index (χ0) is 11.4. The smallest absolute Gasteiger partial charge is 0.0181 e. The summed E-state index contributed by atoms with van der Waals surface area (Å²) in [5.41, 5.74) is 5.87. The first kappa shape index (κ1) is 12.1. The maximum absolute atomic E-state index is 5.87. The highest BCUT2D eigenvalue weighted by atomic mass is 32.1. The molecular weight excluding hydrogens is 216 g/mol. The van der Waals surface area contributed by atoms with Gasteiger partial charge < -0.3 is 11.1 Å². The average molecular weight is 238 g/mol. The molecule has 2 rings (SSSR count). The fraction of sp³-hybridized carbons (Fsp3) is 0.692. The number of nitrogens with one attached hydrogen (secondary N) is 1. The summed E-state index contributed by atoms with van der Waals surface area (Å²) in [6, 6.07) is 5.17. The van der Waals surface area contributed by atoms with Crippen LogP contribution in [0, 0.1) is 6.92 Å². The minimum Gasteiger partial charge on any atom is -0.330 e. The van der Waals surface area contributed by atoms with Gasteiger partial charge in [-0.25, -0.2) is 0 Å². The van der Waals surface area contributed by atoms with E-state index < -0.39 is 0 Å². The van der Waals surface area contributed by atoms with Crippen LogP contribution in [0.1, 0.15) is 41.4 Å². The van der Waals surface area contributed by atoms with Gasteiger partial charge >= 0.3 is 0 Å². The van der Waals surface area contributed by atoms with Crippen molar-refractivity contribution in [1.82, 2.24) is 5.32 Å². The largest absolute Gasteiger partial charge is 0.330 e. The average Bonchev–Trinajstić information content (AvgIpc) is 2.91. The van der Waals surface area contributed by atoms with Crippen molar-refractivity contribution in [3.05, 3.63) is 21.9 Å². The number of hydrogen-bond donors (Lipinski definition) is 2. The van der Waals surface area contributed by atoms with E-state index in [-0.39, 0.29) is 0 Å². The minimum absolute atomic E-state index is 0.499. The second-order valence-corrected chi connectivity index (χ2v) is 6.09. The first-order valence-electron chi connectivity index (χ1n) is 6.29. The Labute approximate surface area is 102 Å². The van der Waals surface area contributed by atoms with Crippen LogP contribution in [0.15, 0.2) is 12.1 Å². The van der Waals surface area contributed by atoms with Gasteiger partial charge in [0.25, 0.3) is 0 Å². The third-order valence-corrected chi connectivity index (χ3v) is 4.62. The number of hydrogen-bond acceptors (Lipinski definition) is 3. The van der Waals surface area contributed by atoms with E-state index in [4.69, 9.17) is 5.73 Å². The third-order valence-electron chi connectivity index (χ3n) is 3.46. The van der Waals surface area contributed by atoms with Crippen LogP contribution >= 0.6 is 11.3 Å². The van der Waals surface area contributed by atoms with Gasteiger partial charge in [-0.3, -0.25) is 0 Å². The van der Waals surface area contributed by atoms with Crippen LogP contribution in [0.25, 0.3) is 0 Å². The van der Waals surface area contributed by atoms with Gasteiger partial charge in [0.1, 0.15) is 0 Å². The Morgan fingerprint density at radius 3 is 2.75 bits per heavy atom. The Morgan fingerprint density at radius 2 is 2.19 bits per heavy atom. The van der Waals surface area contributed by atoms with Gasteiger partial charge in [0.2, 0.25) is 0 Å². The fourth-order valence-corrected chi connectivity index (χ4v) is 3.40. The molecule has 1 unspecified atom stereocenters. The predicted molar refractivity (Wildman–Crippen MR) is 71.1 cm³/mol. The van der Waals surface area contributed by atoms with E-state index in [0.29, 0.717) is 5.92 Å². The Morgan fingerprint density at radius 1 is 1.44 bits per heavy atom. The van der Waals surface area contributed by atoms with Crippen molar-refractivity contribution < 1.29 is 0 Å². The molecule has 0 aromatic carbocycles. The molecule has 0 spiro atoms. The summed E-state index contributed by atoms with van der Waals surface area (Å²) < 4.78 is 0. The highest BCUT2D eigenvalue weighted by Gasteiger charge is 2.17. The monoisotopic (exact) mass is 238 g/mol. The lowest BCUT2D eigenvalue weighted by Gasteiger charge is -2.17. The van der Waals surface area contributed by atoms with Crippen molar-refractivity contribution in [1.29, 1.82) is 0 Å². The summed E-state index contributed by atoms with van der Waals surface area (Å²) in [6.45, 7) is 3.95. The summed E-state index contributed by atoms with van der Waals surface area (Å²) in [5, 5.41) is 3.67. The van der Waals surface area contributed by atoms with Crippen molar-refractivity contribution in [2.75, 3.05) is 13.1 Å². The van der Waals surface area contributed by atoms with Crippen LogP contribution in [0.5, 0.6) is 0 Å². The molecule has 0 amide bonds. The molecule has 2 nitrogen and oxygen atoms in total. The van der Waals surface area contributed by atoms with Crippen LogP contribution in [0.3, 0.4) is 0 Å². The highest BCUT2D eigenvalue weighted by Crippen LogP contribution is 2.24. The lowest BCUT2D eigenvalue weighted by Crippen LogP contribution is -2.32. The van der Waals surface area contributed by atoms with Crippen molar-refractivity contribution in [3.63, 3.8) is 0 Å². The molecule has 0 aliphatic heterocycles. The summed E-state index contributed by atoms with van der Waals surface area (Å²) in [7, 11) is 0. The van der Waals surface area contributed by atoms with E-state index in [2.05, 4.69) is 24.4 Å². The number of thiophene rings is 1. The molecule has 1 atom stereocenters. The van der Waals surface area contributed by atoms with Gasteiger partial charge in [-0.2, -0.15) is 0 Å². The third kappa shape index (κ3) is 3.06. The predicted octanol–water partition coefficient (Wildman–Crippen LogP) is 2.63. The standard InChI is InChI=1S/C13H22N2S/c1-10-6-7-13(16-10)11(8-14)9-15-12-4-2-3-5-12/h6-7,11-12,15H,2-5,8-9,14H2,1H3. The van der Waals surface area contributed by atoms with E-state index in [9.17, 15) is 0 Å². The first-order valence-corrected chi connectivity index (χ1v) is 7.11. The molecule has 0 bridgehead atoms. The fourth-order valence-electron chi connectivity index (χ4n) is 2.41. The second kappa shape index (κ2) is 5.80. The summed E-state index contributed by atoms with van der Waals surface area (Å²) in [5.74, 6) is 0.499. The topological polar surface area (TPSA) is 38.0 Å². The molecule has 3 N–H and O–H groups in total. The molecular formula is C13H22N2S. The molecule has 0 saturated heterocycles. The van der Waals surface area contributed by atoms with Gasteiger partial charge in [-0.1, -0.05) is 12.8 Å². The van der Waals surface area contributed by atoms with Gasteiger partial charge in [-0.15, -0.1) is 11.3 Å². The van der Waals surface area contributed by atoms with Crippen LogP contribution in [-0.2, 0) is 0 Å². The molecule has 1 fully saturated rings. The van der Waals surface area contributed by atoms with Crippen molar-refractivity contribution in [3.8, 4) is 0 Å². The number of nitrogens with two attached hydrogens (primary N) is 1. The summed E-state index contributed by atoms with van der Waals surface area (Å²) >= 11 is 1.88. The van der Waals surface area contributed by atoms with Gasteiger partial charge in [0.05, 0.1) is 0 Å². The van der Waals surface area contributed by atoms with E-state index >= 15 is 0 Å². The molecule has 90 valence electrons. The second-order valence-electron chi connectivity index (χ2n) is 4.77. The summed E-state index contributed by atoms with van der Waals surface area (Å²) in [6.07, 6.45) is 5.48. The molecule has 0 radical (unpaired) electrons. The summed E-state index contributed by atoms with van der Waals surface area (Å²) in [4.78, 5) is 2.82. The molecule has 1 aliphatic carbocycles. The molecule has 1 saturated carbocycles. The molecule has 16 heavy (non-hydrogen) atoms. The van der Waals surface area contributed by atoms with Crippen molar-refractivity contribution >= 4 is 11.3 Å². The molecule has 3 heteroatoms. The highest BCUT2D eigenvalue weighted by molar-refractivity contribution is 7.12. The first-order chi connectivity index (χ1) is 7.79. The molecule has 1 heterocycles. The Kier molecular flexibility index (Phi) is 4.38. The molecule has 1 aromatic rings. The quantitative estimate of drug-likeness (QED) is 0.827. The SMILES string of the molecule is Cc1ccc(C(CN)CNC2CCCC2)s1.